The van der Waals surface area contributed by atoms with Crippen molar-refractivity contribution < 1.29 is 14.3 Å². The Labute approximate surface area is 146 Å². The molecular formula is C19H20ClNO3. The molecule has 0 aliphatic heterocycles. The predicted molar refractivity (Wildman–Crippen MR) is 94.6 cm³/mol. The first-order chi connectivity index (χ1) is 11.5. The number of hydrogen-bond acceptors (Lipinski definition) is 3. The molecule has 0 aliphatic rings. The first kappa shape index (κ1) is 18.0. The summed E-state index contributed by atoms with van der Waals surface area (Å²) in [7, 11) is 0. The number of rotatable bonds is 7. The minimum Gasteiger partial charge on any atom is -0.484 e. The molecule has 2 rings (SSSR count). The molecule has 1 N–H and O–H groups in total. The molecule has 0 saturated carbocycles. The van der Waals surface area contributed by atoms with E-state index < -0.39 is 0 Å². The van der Waals surface area contributed by atoms with Crippen molar-refractivity contribution in [3.8, 4) is 5.75 Å². The number of halogens is 1. The maximum atomic E-state index is 12.1. The Morgan fingerprint density at radius 2 is 1.71 bits per heavy atom. The monoisotopic (exact) mass is 345 g/mol. The summed E-state index contributed by atoms with van der Waals surface area (Å²) in [6.45, 7) is 3.43. The third-order valence-corrected chi connectivity index (χ3v) is 3.90. The Balaban J connectivity index is 1.89. The minimum atomic E-state index is -0.201. The van der Waals surface area contributed by atoms with Crippen LogP contribution in [0.2, 0.25) is 5.02 Å². The van der Waals surface area contributed by atoms with Gasteiger partial charge >= 0.3 is 0 Å². The first-order valence-electron chi connectivity index (χ1n) is 7.78. The van der Waals surface area contributed by atoms with Crippen molar-refractivity contribution in [3.63, 3.8) is 0 Å². The zero-order valence-corrected chi connectivity index (χ0v) is 14.5. The molecule has 5 heteroatoms. The van der Waals surface area contributed by atoms with E-state index in [0.717, 1.165) is 12.0 Å². The largest absolute Gasteiger partial charge is 0.484 e. The van der Waals surface area contributed by atoms with Gasteiger partial charge in [-0.15, -0.1) is 0 Å². The highest BCUT2D eigenvalue weighted by Gasteiger charge is 2.13. The van der Waals surface area contributed by atoms with Crippen molar-refractivity contribution in [1.82, 2.24) is 5.32 Å². The van der Waals surface area contributed by atoms with Gasteiger partial charge < -0.3 is 10.1 Å². The Morgan fingerprint density at radius 3 is 2.25 bits per heavy atom. The molecule has 24 heavy (non-hydrogen) atoms. The zero-order valence-electron chi connectivity index (χ0n) is 13.7. The van der Waals surface area contributed by atoms with Gasteiger partial charge in [0.2, 0.25) is 0 Å². The number of ketones is 1. The highest BCUT2D eigenvalue weighted by Crippen LogP contribution is 2.19. The number of ether oxygens (including phenoxy) is 1. The van der Waals surface area contributed by atoms with Crippen molar-refractivity contribution in [3.05, 3.63) is 64.7 Å². The number of amides is 1. The summed E-state index contributed by atoms with van der Waals surface area (Å²) in [6.07, 6.45) is 0.765. The van der Waals surface area contributed by atoms with Crippen LogP contribution in [-0.2, 0) is 4.79 Å². The molecule has 0 fully saturated rings. The molecular weight excluding hydrogens is 326 g/mol. The third kappa shape index (κ3) is 5.10. The Morgan fingerprint density at radius 1 is 1.08 bits per heavy atom. The van der Waals surface area contributed by atoms with Gasteiger partial charge in [-0.25, -0.2) is 0 Å². The van der Waals surface area contributed by atoms with Crippen LogP contribution in [-0.4, -0.2) is 18.3 Å². The van der Waals surface area contributed by atoms with Crippen LogP contribution in [0.1, 0.15) is 42.2 Å². The Bertz CT molecular complexity index is 696. The van der Waals surface area contributed by atoms with E-state index in [1.807, 2.05) is 19.1 Å². The number of hydrogen-bond donors (Lipinski definition) is 1. The lowest BCUT2D eigenvalue weighted by molar-refractivity contribution is -0.123. The fraction of sp³-hybridized carbons (Fsp3) is 0.263. The van der Waals surface area contributed by atoms with Gasteiger partial charge in [-0.2, -0.15) is 0 Å². The van der Waals surface area contributed by atoms with Crippen molar-refractivity contribution in [2.45, 2.75) is 26.3 Å². The molecule has 2 aromatic carbocycles. The van der Waals surface area contributed by atoms with Gasteiger partial charge in [0.1, 0.15) is 5.75 Å². The number of carbonyl (C=O) groups excluding carboxylic acids is 2. The molecule has 0 spiro atoms. The molecule has 4 nitrogen and oxygen atoms in total. The summed E-state index contributed by atoms with van der Waals surface area (Å²) >= 11 is 5.89. The van der Waals surface area contributed by atoms with Crippen LogP contribution < -0.4 is 10.1 Å². The normalized spacial score (nSPS) is 11.6. The smallest absolute Gasteiger partial charge is 0.258 e. The van der Waals surface area contributed by atoms with Gasteiger partial charge in [-0.3, -0.25) is 9.59 Å². The molecule has 0 aromatic heterocycles. The van der Waals surface area contributed by atoms with Crippen molar-refractivity contribution in [1.29, 1.82) is 0 Å². The van der Waals surface area contributed by atoms with Crippen molar-refractivity contribution >= 4 is 23.3 Å². The van der Waals surface area contributed by atoms with Gasteiger partial charge in [0, 0.05) is 10.6 Å². The zero-order chi connectivity index (χ0) is 17.5. The Kier molecular flexibility index (Phi) is 6.38. The number of carbonyl (C=O) groups is 2. The quantitative estimate of drug-likeness (QED) is 0.765. The third-order valence-electron chi connectivity index (χ3n) is 3.65. The van der Waals surface area contributed by atoms with E-state index in [9.17, 15) is 9.59 Å². The maximum Gasteiger partial charge on any atom is 0.258 e. The van der Waals surface area contributed by atoms with Gasteiger partial charge in [-0.05, 0) is 55.3 Å². The molecule has 2 aromatic rings. The molecule has 0 heterocycles. The van der Waals surface area contributed by atoms with Crippen molar-refractivity contribution in [2.75, 3.05) is 6.61 Å². The average molecular weight is 346 g/mol. The lowest BCUT2D eigenvalue weighted by atomic mass is 10.0. The number of benzene rings is 2. The van der Waals surface area contributed by atoms with Crippen LogP contribution in [0, 0.1) is 0 Å². The van der Waals surface area contributed by atoms with Gasteiger partial charge in [0.25, 0.3) is 5.91 Å². The van der Waals surface area contributed by atoms with Crippen molar-refractivity contribution in [2.24, 2.45) is 0 Å². The molecule has 1 atom stereocenters. The summed E-state index contributed by atoms with van der Waals surface area (Å²) < 4.78 is 5.46. The summed E-state index contributed by atoms with van der Waals surface area (Å²) in [4.78, 5) is 23.3. The van der Waals surface area contributed by atoms with E-state index in [4.69, 9.17) is 16.3 Å². The fourth-order valence-electron chi connectivity index (χ4n) is 2.29. The van der Waals surface area contributed by atoms with Gasteiger partial charge in [0.15, 0.2) is 12.4 Å². The predicted octanol–water partition coefficient (Wildman–Crippen LogP) is 4.19. The maximum absolute atomic E-state index is 12.1. The molecule has 1 amide bonds. The lowest BCUT2D eigenvalue weighted by Gasteiger charge is -2.17. The van der Waals surface area contributed by atoms with Crippen LogP contribution in [0.5, 0.6) is 5.75 Å². The highest BCUT2D eigenvalue weighted by molar-refractivity contribution is 6.30. The van der Waals surface area contributed by atoms with E-state index in [-0.39, 0.29) is 24.3 Å². The second-order valence-corrected chi connectivity index (χ2v) is 5.89. The number of Topliss-reactive ketones (excluding diaryl/α,β-unsaturated/α-hetero) is 1. The van der Waals surface area contributed by atoms with Crippen LogP contribution in [0.3, 0.4) is 0 Å². The highest BCUT2D eigenvalue weighted by atomic mass is 35.5. The van der Waals surface area contributed by atoms with E-state index in [2.05, 4.69) is 5.32 Å². The van der Waals surface area contributed by atoms with Crippen LogP contribution in [0.15, 0.2) is 48.5 Å². The topological polar surface area (TPSA) is 55.4 Å². The van der Waals surface area contributed by atoms with Crippen LogP contribution in [0.25, 0.3) is 0 Å². The SMILES string of the molecule is CCC(NC(=O)COc1ccc(C(C)=O)cc1)c1ccc(Cl)cc1. The fourth-order valence-corrected chi connectivity index (χ4v) is 2.41. The Hall–Kier alpha value is -2.33. The van der Waals surface area contributed by atoms with Crippen LogP contribution >= 0.6 is 11.6 Å². The second-order valence-electron chi connectivity index (χ2n) is 5.45. The second kappa shape index (κ2) is 8.50. The average Bonchev–Trinajstić information content (AvgIpc) is 2.59. The molecule has 0 aliphatic carbocycles. The van der Waals surface area contributed by atoms with E-state index in [1.54, 1.807) is 36.4 Å². The molecule has 126 valence electrons. The summed E-state index contributed by atoms with van der Waals surface area (Å²) in [5.74, 6) is 0.343. The number of nitrogens with one attached hydrogen (secondary N) is 1. The molecule has 0 radical (unpaired) electrons. The first-order valence-corrected chi connectivity index (χ1v) is 8.16. The van der Waals surface area contributed by atoms with E-state index >= 15 is 0 Å². The molecule has 0 saturated heterocycles. The van der Waals surface area contributed by atoms with E-state index in [1.165, 1.54) is 6.92 Å². The minimum absolute atomic E-state index is 0.00644. The summed E-state index contributed by atoms with van der Waals surface area (Å²) in [6, 6.07) is 14.0. The van der Waals surface area contributed by atoms with Crippen LogP contribution in [0.4, 0.5) is 0 Å². The summed E-state index contributed by atoms with van der Waals surface area (Å²) in [5.41, 5.74) is 1.61. The molecule has 0 bridgehead atoms. The standard InChI is InChI=1S/C19H20ClNO3/c1-3-18(15-4-8-16(20)9-5-15)21-19(23)12-24-17-10-6-14(7-11-17)13(2)22/h4-11,18H,3,12H2,1-2H3,(H,21,23). The van der Waals surface area contributed by atoms with E-state index in [0.29, 0.717) is 16.3 Å². The van der Waals surface area contributed by atoms with Gasteiger partial charge in [-0.1, -0.05) is 30.7 Å². The summed E-state index contributed by atoms with van der Waals surface area (Å²) in [5, 5.41) is 3.61. The lowest BCUT2D eigenvalue weighted by Crippen LogP contribution is -2.32. The van der Waals surface area contributed by atoms with Gasteiger partial charge in [0.05, 0.1) is 6.04 Å². The molecule has 1 unspecified atom stereocenters.